The molecule has 1 saturated heterocycles. The number of piperidine rings is 1. The van der Waals surface area contributed by atoms with Crippen molar-refractivity contribution < 1.29 is 23.1 Å². The zero-order chi connectivity index (χ0) is 19.4. The second-order valence-corrected chi connectivity index (χ2v) is 6.21. The second-order valence-electron chi connectivity index (χ2n) is 6.21. The number of carbonyl (C=O) groups excluding carboxylic acids is 2. The van der Waals surface area contributed by atoms with E-state index in [1.54, 1.807) is 11.0 Å². The van der Waals surface area contributed by atoms with Gasteiger partial charge in [-0.05, 0) is 25.0 Å². The van der Waals surface area contributed by atoms with Crippen LogP contribution >= 0.6 is 0 Å². The minimum absolute atomic E-state index is 0.110. The average Bonchev–Trinajstić information content (AvgIpc) is 3.17. The van der Waals surface area contributed by atoms with Gasteiger partial charge in [0.1, 0.15) is 11.3 Å². The number of rotatable bonds is 6. The van der Waals surface area contributed by atoms with Gasteiger partial charge in [-0.2, -0.15) is 9.90 Å². The van der Waals surface area contributed by atoms with E-state index in [4.69, 9.17) is 4.74 Å². The molecule has 2 aromatic rings. The number of hydrogen-bond acceptors (Lipinski definition) is 6. The molecule has 8 nitrogen and oxygen atoms in total. The predicted molar refractivity (Wildman–Crippen MR) is 89.9 cm³/mol. The van der Waals surface area contributed by atoms with Gasteiger partial charge in [-0.3, -0.25) is 9.59 Å². The number of alkyl halides is 2. The highest BCUT2D eigenvalue weighted by Gasteiger charge is 2.29. The number of ketones is 1. The van der Waals surface area contributed by atoms with Crippen LogP contribution in [0, 0.1) is 0 Å². The normalized spacial score (nSPS) is 17.2. The molecule has 0 bridgehead atoms. The molecule has 1 amide bonds. The maximum atomic E-state index is 12.9. The van der Waals surface area contributed by atoms with Crippen LogP contribution in [0.15, 0.2) is 24.5 Å². The van der Waals surface area contributed by atoms with Crippen LogP contribution in [0.3, 0.4) is 0 Å². The number of nitrogens with zero attached hydrogens (tertiary/aromatic N) is 5. The molecular weight excluding hydrogens is 360 g/mol. The van der Waals surface area contributed by atoms with Crippen LogP contribution in [-0.4, -0.2) is 62.7 Å². The van der Waals surface area contributed by atoms with Crippen LogP contribution in [0.5, 0.6) is 5.88 Å². The van der Waals surface area contributed by atoms with E-state index in [1.807, 2.05) is 0 Å². The van der Waals surface area contributed by atoms with E-state index in [1.165, 1.54) is 30.2 Å². The molecule has 1 fully saturated rings. The van der Waals surface area contributed by atoms with E-state index in [0.717, 1.165) is 12.8 Å². The summed E-state index contributed by atoms with van der Waals surface area (Å²) >= 11 is 0. The summed E-state index contributed by atoms with van der Waals surface area (Å²) in [5, 5.41) is 8.28. The summed E-state index contributed by atoms with van der Waals surface area (Å²) in [6.45, 7) is 1.44. The molecular formula is C17H19F2N5O3. The van der Waals surface area contributed by atoms with Gasteiger partial charge in [0.2, 0.25) is 5.88 Å². The Morgan fingerprint density at radius 2 is 2.22 bits per heavy atom. The highest BCUT2D eigenvalue weighted by atomic mass is 19.3. The van der Waals surface area contributed by atoms with Gasteiger partial charge in [-0.15, -0.1) is 5.10 Å². The predicted octanol–water partition coefficient (Wildman–Crippen LogP) is 2.00. The third-order valence-corrected chi connectivity index (χ3v) is 4.23. The van der Waals surface area contributed by atoms with Crippen molar-refractivity contribution in [2.75, 3.05) is 19.7 Å². The number of aromatic nitrogens is 4. The Morgan fingerprint density at radius 3 is 2.93 bits per heavy atom. The van der Waals surface area contributed by atoms with E-state index in [0.29, 0.717) is 13.1 Å². The number of pyridine rings is 1. The molecule has 10 heteroatoms. The first kappa shape index (κ1) is 18.9. The fourth-order valence-corrected chi connectivity index (χ4v) is 2.92. The number of Topliss-reactive ketones (excluding diaryl/α,β-unsaturated/α-hetero) is 1. The van der Waals surface area contributed by atoms with E-state index in [2.05, 4.69) is 15.2 Å². The first-order valence-electron chi connectivity index (χ1n) is 8.53. The van der Waals surface area contributed by atoms with Crippen LogP contribution < -0.4 is 4.74 Å². The lowest BCUT2D eigenvalue weighted by Gasteiger charge is -2.32. The molecule has 2 aromatic heterocycles. The first-order valence-corrected chi connectivity index (χ1v) is 8.53. The zero-order valence-corrected chi connectivity index (χ0v) is 14.7. The highest BCUT2D eigenvalue weighted by molar-refractivity contribution is 5.96. The molecule has 1 unspecified atom stereocenters. The monoisotopic (exact) mass is 379 g/mol. The minimum atomic E-state index is -2.66. The molecule has 144 valence electrons. The topological polar surface area (TPSA) is 90.2 Å². The Bertz CT molecular complexity index is 826. The van der Waals surface area contributed by atoms with Crippen molar-refractivity contribution in [2.24, 2.45) is 0 Å². The molecule has 0 N–H and O–H groups in total. The quantitative estimate of drug-likeness (QED) is 0.713. The Kier molecular flexibility index (Phi) is 5.72. The molecule has 1 aliphatic heterocycles. The van der Waals surface area contributed by atoms with Gasteiger partial charge in [-0.1, -0.05) is 0 Å². The van der Waals surface area contributed by atoms with Gasteiger partial charge in [0, 0.05) is 26.2 Å². The molecule has 27 heavy (non-hydrogen) atoms. The molecule has 1 atom stereocenters. The van der Waals surface area contributed by atoms with Crippen LogP contribution in [0.1, 0.15) is 46.7 Å². The maximum Gasteiger partial charge on any atom is 0.272 e. The average molecular weight is 379 g/mol. The van der Waals surface area contributed by atoms with Crippen molar-refractivity contribution in [3.05, 3.63) is 35.8 Å². The molecule has 0 radical (unpaired) electrons. The first-order chi connectivity index (χ1) is 13.0. The van der Waals surface area contributed by atoms with Crippen molar-refractivity contribution in [3.8, 4) is 5.88 Å². The van der Waals surface area contributed by atoms with Crippen molar-refractivity contribution >= 4 is 11.7 Å². The highest BCUT2D eigenvalue weighted by Crippen LogP contribution is 2.24. The maximum absolute atomic E-state index is 12.9. The summed E-state index contributed by atoms with van der Waals surface area (Å²) in [7, 11) is 0. The number of likely N-dealkylation sites (tertiary alicyclic amines) is 1. The van der Waals surface area contributed by atoms with Crippen LogP contribution in [0.2, 0.25) is 0 Å². The summed E-state index contributed by atoms with van der Waals surface area (Å²) in [6, 6.07) is 2.88. The van der Waals surface area contributed by atoms with E-state index in [9.17, 15) is 18.4 Å². The van der Waals surface area contributed by atoms with Crippen molar-refractivity contribution in [3.63, 3.8) is 0 Å². The van der Waals surface area contributed by atoms with Crippen LogP contribution in [0.25, 0.3) is 0 Å². The van der Waals surface area contributed by atoms with E-state index >= 15 is 0 Å². The fourth-order valence-electron chi connectivity index (χ4n) is 2.92. The molecule has 0 spiro atoms. The Hall–Kier alpha value is -2.91. The van der Waals surface area contributed by atoms with E-state index in [-0.39, 0.29) is 34.9 Å². The van der Waals surface area contributed by atoms with Gasteiger partial charge in [-0.25, -0.2) is 13.8 Å². The van der Waals surface area contributed by atoms with Gasteiger partial charge >= 0.3 is 0 Å². The number of hydrogen-bond donors (Lipinski definition) is 0. The lowest BCUT2D eigenvalue weighted by atomic mass is 10.1. The van der Waals surface area contributed by atoms with Gasteiger partial charge < -0.3 is 9.64 Å². The number of amides is 1. The molecule has 3 rings (SSSR count). The summed E-state index contributed by atoms with van der Waals surface area (Å²) < 4.78 is 29.8. The molecule has 0 saturated carbocycles. The fraction of sp³-hybridized carbons (Fsp3) is 0.471. The Labute approximate surface area is 154 Å². The third kappa shape index (κ3) is 4.44. The summed E-state index contributed by atoms with van der Waals surface area (Å²) in [5.74, 6) is -0.641. The molecule has 0 aliphatic carbocycles. The van der Waals surface area contributed by atoms with Gasteiger partial charge in [0.05, 0.1) is 12.2 Å². The molecule has 0 aromatic carbocycles. The summed E-state index contributed by atoms with van der Waals surface area (Å²) in [6.07, 6.45) is 1.61. The molecule has 3 heterocycles. The number of halogens is 2. The minimum Gasteiger partial charge on any atom is -0.471 e. The SMILES string of the molecule is CC(=O)c1cnn(C2CCCN(C(=O)c3cccnc3OCC(F)F)C2)n1. The summed E-state index contributed by atoms with van der Waals surface area (Å²) in [4.78, 5) is 31.2. The Balaban J connectivity index is 1.74. The van der Waals surface area contributed by atoms with Gasteiger partial charge in [0.25, 0.3) is 12.3 Å². The largest absolute Gasteiger partial charge is 0.471 e. The lowest BCUT2D eigenvalue weighted by Crippen LogP contribution is -2.41. The lowest BCUT2D eigenvalue weighted by molar-refractivity contribution is 0.0631. The van der Waals surface area contributed by atoms with E-state index < -0.39 is 13.0 Å². The standard InChI is InChI=1S/C17H19F2N5O3/c1-11(25)14-8-21-24(22-14)12-4-3-7-23(9-12)17(26)13-5-2-6-20-16(13)27-10-15(18)19/h2,5-6,8,12,15H,3-4,7,9-10H2,1H3. The second kappa shape index (κ2) is 8.19. The van der Waals surface area contributed by atoms with Crippen LogP contribution in [0.4, 0.5) is 8.78 Å². The van der Waals surface area contributed by atoms with Crippen molar-refractivity contribution in [1.82, 2.24) is 24.9 Å². The number of ether oxygens (including phenoxy) is 1. The van der Waals surface area contributed by atoms with Gasteiger partial charge in [0.15, 0.2) is 12.4 Å². The third-order valence-electron chi connectivity index (χ3n) is 4.23. The van der Waals surface area contributed by atoms with Crippen molar-refractivity contribution in [2.45, 2.75) is 32.2 Å². The smallest absolute Gasteiger partial charge is 0.272 e. The zero-order valence-electron chi connectivity index (χ0n) is 14.7. The Morgan fingerprint density at radius 1 is 1.41 bits per heavy atom. The number of carbonyl (C=O) groups is 2. The van der Waals surface area contributed by atoms with Crippen molar-refractivity contribution in [1.29, 1.82) is 0 Å². The summed E-state index contributed by atoms with van der Waals surface area (Å²) in [5.41, 5.74) is 0.407. The molecule has 1 aliphatic rings. The van der Waals surface area contributed by atoms with Crippen LogP contribution in [-0.2, 0) is 0 Å².